The minimum atomic E-state index is 0.116. The number of thiazole rings is 1. The lowest BCUT2D eigenvalue weighted by atomic mass is 10.0. The number of nitrogens with one attached hydrogen (secondary N) is 2. The zero-order valence-corrected chi connectivity index (χ0v) is 19.0. The van der Waals surface area contributed by atoms with Gasteiger partial charge in [0.1, 0.15) is 5.82 Å². The first-order chi connectivity index (χ1) is 15.2. The third kappa shape index (κ3) is 5.04. The van der Waals surface area contributed by atoms with Crippen LogP contribution in [0.15, 0.2) is 34.3 Å². The van der Waals surface area contributed by atoms with Gasteiger partial charge in [-0.25, -0.2) is 9.97 Å². The fourth-order valence-electron chi connectivity index (χ4n) is 3.46. The van der Waals surface area contributed by atoms with Crippen LogP contribution in [0.1, 0.15) is 49.0 Å². The van der Waals surface area contributed by atoms with E-state index in [-0.39, 0.29) is 11.8 Å². The van der Waals surface area contributed by atoms with Crippen molar-refractivity contribution in [1.29, 1.82) is 0 Å². The summed E-state index contributed by atoms with van der Waals surface area (Å²) >= 11 is 3.19. The van der Waals surface area contributed by atoms with Crippen LogP contribution in [-0.2, 0) is 24.1 Å². The molecule has 2 N–H and O–H groups in total. The lowest BCUT2D eigenvalue weighted by molar-refractivity contribution is -0.117. The summed E-state index contributed by atoms with van der Waals surface area (Å²) in [4.78, 5) is 32.7. The molecule has 5 rings (SSSR count). The topological polar surface area (TPSA) is 92.7 Å². The number of hydrogen-bond acceptors (Lipinski definition) is 8. The van der Waals surface area contributed by atoms with Crippen molar-refractivity contribution in [3.05, 3.63) is 40.7 Å². The highest BCUT2D eigenvalue weighted by atomic mass is 32.2. The van der Waals surface area contributed by atoms with Crippen molar-refractivity contribution in [1.82, 2.24) is 19.9 Å². The molecule has 0 aliphatic heterocycles. The van der Waals surface area contributed by atoms with Crippen LogP contribution in [-0.4, -0.2) is 25.8 Å². The Balaban J connectivity index is 1.29. The van der Waals surface area contributed by atoms with E-state index >= 15 is 0 Å². The molecule has 2 aromatic heterocycles. The molecule has 9 heteroatoms. The summed E-state index contributed by atoms with van der Waals surface area (Å²) in [6.45, 7) is 2.03. The minimum absolute atomic E-state index is 0.116. The van der Waals surface area contributed by atoms with Crippen LogP contribution in [0.4, 0.5) is 16.8 Å². The molecule has 0 saturated heterocycles. The summed E-state index contributed by atoms with van der Waals surface area (Å²) in [5.74, 6) is 1.59. The van der Waals surface area contributed by atoms with Crippen molar-refractivity contribution in [2.24, 2.45) is 5.92 Å². The van der Waals surface area contributed by atoms with Gasteiger partial charge in [-0.2, -0.15) is 9.97 Å². The fraction of sp³-hybridized carbons (Fsp3) is 0.409. The van der Waals surface area contributed by atoms with Gasteiger partial charge in [-0.3, -0.25) is 10.1 Å². The monoisotopic (exact) mass is 452 g/mol. The predicted molar refractivity (Wildman–Crippen MR) is 123 cm³/mol. The number of fused-ring (bicyclic) bond motifs is 1. The molecule has 1 fully saturated rings. The average molecular weight is 453 g/mol. The molecule has 1 aromatic carbocycles. The third-order valence-corrected chi connectivity index (χ3v) is 7.27. The molecule has 0 atom stereocenters. The molecule has 0 spiro atoms. The van der Waals surface area contributed by atoms with Crippen LogP contribution in [0.25, 0.3) is 0 Å². The molecule has 160 valence electrons. The first-order valence-corrected chi connectivity index (χ1v) is 12.4. The Morgan fingerprint density at radius 2 is 1.90 bits per heavy atom. The largest absolute Gasteiger partial charge is 0.326 e. The van der Waals surface area contributed by atoms with Crippen molar-refractivity contribution in [3.63, 3.8) is 0 Å². The second-order valence-corrected chi connectivity index (χ2v) is 9.95. The van der Waals surface area contributed by atoms with E-state index in [1.54, 1.807) is 11.3 Å². The highest BCUT2D eigenvalue weighted by Crippen LogP contribution is 2.32. The van der Waals surface area contributed by atoms with Gasteiger partial charge >= 0.3 is 0 Å². The van der Waals surface area contributed by atoms with Gasteiger partial charge in [0, 0.05) is 27.8 Å². The number of amides is 1. The van der Waals surface area contributed by atoms with E-state index in [0.717, 1.165) is 53.6 Å². The van der Waals surface area contributed by atoms with Gasteiger partial charge in [0.15, 0.2) is 10.3 Å². The Hall–Kier alpha value is -2.52. The Labute approximate surface area is 189 Å². The van der Waals surface area contributed by atoms with E-state index in [2.05, 4.69) is 25.6 Å². The van der Waals surface area contributed by atoms with Crippen LogP contribution in [0, 0.1) is 5.92 Å². The summed E-state index contributed by atoms with van der Waals surface area (Å²) < 4.78 is 0. The number of aromatic nitrogens is 4. The standard InChI is InChI=1S/C22H24N6OS2/c1-2-18-25-20(27-21-24-16-5-3-4-6-17(16)31-21)28-22(26-18)30-15-11-9-14(10-12-15)23-19(29)13-7-8-13/h9-13H,2-8H2,1H3,(H,23,29)(H,24,25,26,27,28). The van der Waals surface area contributed by atoms with Crippen molar-refractivity contribution >= 4 is 45.8 Å². The lowest BCUT2D eigenvalue weighted by Crippen LogP contribution is -2.12. The van der Waals surface area contributed by atoms with Crippen LogP contribution in [0.5, 0.6) is 0 Å². The second kappa shape index (κ2) is 8.92. The summed E-state index contributed by atoms with van der Waals surface area (Å²) in [7, 11) is 0. The fourth-order valence-corrected chi connectivity index (χ4v) is 5.27. The van der Waals surface area contributed by atoms with Crippen molar-refractivity contribution in [2.45, 2.75) is 61.9 Å². The molecule has 0 unspecified atom stereocenters. The average Bonchev–Trinajstić information content (AvgIpc) is 3.55. The van der Waals surface area contributed by atoms with Crippen molar-refractivity contribution < 1.29 is 4.79 Å². The maximum atomic E-state index is 11.9. The van der Waals surface area contributed by atoms with Gasteiger partial charge in [0.05, 0.1) is 5.69 Å². The zero-order valence-electron chi connectivity index (χ0n) is 17.4. The third-order valence-electron chi connectivity index (χ3n) is 5.32. The molecule has 2 heterocycles. The van der Waals surface area contributed by atoms with Crippen LogP contribution in [0.3, 0.4) is 0 Å². The maximum Gasteiger partial charge on any atom is 0.233 e. The van der Waals surface area contributed by atoms with E-state index in [9.17, 15) is 4.79 Å². The van der Waals surface area contributed by atoms with E-state index in [0.29, 0.717) is 11.1 Å². The Kier molecular flexibility index (Phi) is 5.87. The molecule has 0 bridgehead atoms. The molecule has 2 aliphatic rings. The van der Waals surface area contributed by atoms with Gasteiger partial charge in [0.2, 0.25) is 11.9 Å². The number of rotatable bonds is 7. The Morgan fingerprint density at radius 3 is 2.65 bits per heavy atom. The van der Waals surface area contributed by atoms with E-state index in [1.165, 1.54) is 35.2 Å². The molecular formula is C22H24N6OS2. The first-order valence-electron chi connectivity index (χ1n) is 10.8. The summed E-state index contributed by atoms with van der Waals surface area (Å²) in [6.07, 6.45) is 7.35. The molecule has 31 heavy (non-hydrogen) atoms. The quantitative estimate of drug-likeness (QED) is 0.520. The van der Waals surface area contributed by atoms with Gasteiger partial charge in [-0.05, 0) is 74.6 Å². The summed E-state index contributed by atoms with van der Waals surface area (Å²) in [5, 5.41) is 7.76. The Morgan fingerprint density at radius 1 is 1.10 bits per heavy atom. The zero-order chi connectivity index (χ0) is 21.2. The SMILES string of the molecule is CCc1nc(Nc2nc3c(s2)CCCC3)nc(Sc2ccc(NC(=O)C3CC3)cc2)n1. The van der Waals surface area contributed by atoms with E-state index < -0.39 is 0 Å². The normalized spacial score (nSPS) is 15.4. The van der Waals surface area contributed by atoms with E-state index in [4.69, 9.17) is 4.98 Å². The Bertz CT molecular complexity index is 1070. The lowest BCUT2D eigenvalue weighted by Gasteiger charge is -2.08. The first kappa shape index (κ1) is 20.4. The predicted octanol–water partition coefficient (Wildman–Crippen LogP) is 5.01. The molecule has 7 nitrogen and oxygen atoms in total. The minimum Gasteiger partial charge on any atom is -0.326 e. The highest BCUT2D eigenvalue weighted by Gasteiger charge is 2.29. The number of nitrogens with zero attached hydrogens (tertiary/aromatic N) is 4. The number of hydrogen-bond donors (Lipinski definition) is 2. The van der Waals surface area contributed by atoms with Gasteiger partial charge in [-0.15, -0.1) is 11.3 Å². The van der Waals surface area contributed by atoms with Gasteiger partial charge in [-0.1, -0.05) is 6.92 Å². The molecule has 3 aromatic rings. The summed E-state index contributed by atoms with van der Waals surface area (Å²) in [5.41, 5.74) is 2.04. The molecule has 2 aliphatic carbocycles. The maximum absolute atomic E-state index is 11.9. The van der Waals surface area contributed by atoms with E-state index in [1.807, 2.05) is 31.2 Å². The van der Waals surface area contributed by atoms with Gasteiger partial charge in [0.25, 0.3) is 0 Å². The van der Waals surface area contributed by atoms with Crippen LogP contribution in [0.2, 0.25) is 0 Å². The highest BCUT2D eigenvalue weighted by molar-refractivity contribution is 7.99. The number of carbonyl (C=O) groups is 1. The number of aryl methyl sites for hydroxylation is 3. The van der Waals surface area contributed by atoms with Crippen LogP contribution < -0.4 is 10.6 Å². The number of benzene rings is 1. The molecule has 1 saturated carbocycles. The van der Waals surface area contributed by atoms with Crippen molar-refractivity contribution in [3.8, 4) is 0 Å². The number of anilines is 3. The number of carbonyl (C=O) groups excluding carboxylic acids is 1. The molecule has 0 radical (unpaired) electrons. The van der Waals surface area contributed by atoms with Crippen molar-refractivity contribution in [2.75, 3.05) is 10.6 Å². The van der Waals surface area contributed by atoms with Crippen LogP contribution >= 0.6 is 23.1 Å². The molecule has 1 amide bonds. The second-order valence-electron chi connectivity index (χ2n) is 7.82. The smallest absolute Gasteiger partial charge is 0.233 e. The van der Waals surface area contributed by atoms with Gasteiger partial charge < -0.3 is 5.32 Å². The molecular weight excluding hydrogens is 428 g/mol. The summed E-state index contributed by atoms with van der Waals surface area (Å²) in [6, 6.07) is 7.79.